The summed E-state index contributed by atoms with van der Waals surface area (Å²) in [6, 6.07) is 2.30. The van der Waals surface area contributed by atoms with Crippen LogP contribution in [0, 0.1) is 5.92 Å². The highest BCUT2D eigenvalue weighted by atomic mass is 79.9. The molecule has 0 spiro atoms. The minimum atomic E-state index is -0.273. The lowest BCUT2D eigenvalue weighted by Crippen LogP contribution is -2.61. The number of rotatable bonds is 1. The first kappa shape index (κ1) is 14.8. The summed E-state index contributed by atoms with van der Waals surface area (Å²) in [6.45, 7) is 0.946. The highest BCUT2D eigenvalue weighted by molar-refractivity contribution is 9.10. The second-order valence-corrected chi connectivity index (χ2v) is 7.83. The number of aliphatic hydroxyl groups excluding tert-OH is 1. The molecule has 4 rings (SSSR count). The van der Waals surface area contributed by atoms with Crippen LogP contribution in [-0.2, 0) is 11.8 Å². The van der Waals surface area contributed by atoms with E-state index in [0.29, 0.717) is 17.7 Å². The zero-order chi connectivity index (χ0) is 15.5. The van der Waals surface area contributed by atoms with Crippen LogP contribution in [0.5, 0.6) is 11.5 Å². The Hall–Kier alpha value is -0.780. The van der Waals surface area contributed by atoms with Crippen molar-refractivity contribution in [2.24, 2.45) is 5.92 Å². The number of hydrogen-bond donors (Lipinski definition) is 3. The Bertz CT molecular complexity index is 620. The first-order valence-corrected chi connectivity index (χ1v) is 8.86. The van der Waals surface area contributed by atoms with Gasteiger partial charge in [0.2, 0.25) is 0 Å². The van der Waals surface area contributed by atoms with Crippen LogP contribution >= 0.6 is 15.9 Å². The first-order chi connectivity index (χ1) is 10.6. The lowest BCUT2D eigenvalue weighted by molar-refractivity contribution is 0.00232. The summed E-state index contributed by atoms with van der Waals surface area (Å²) in [4.78, 5) is 0. The average Bonchev–Trinajstić information content (AvgIpc) is 2.49. The van der Waals surface area contributed by atoms with Crippen molar-refractivity contribution in [1.29, 1.82) is 0 Å². The summed E-state index contributed by atoms with van der Waals surface area (Å²) in [5.74, 6) is 1.29. The Morgan fingerprint density at radius 2 is 2.23 bits per heavy atom. The highest BCUT2D eigenvalue weighted by Gasteiger charge is 2.55. The zero-order valence-electron chi connectivity index (χ0n) is 12.7. The molecule has 3 aliphatic rings. The molecule has 1 heterocycles. The Morgan fingerprint density at radius 1 is 1.41 bits per heavy atom. The third-order valence-electron chi connectivity index (χ3n) is 6.04. The van der Waals surface area contributed by atoms with Crippen LogP contribution in [0.2, 0.25) is 0 Å². The van der Waals surface area contributed by atoms with Crippen molar-refractivity contribution in [1.82, 2.24) is 5.32 Å². The Balaban J connectivity index is 1.97. The minimum Gasteiger partial charge on any atom is -0.504 e. The summed E-state index contributed by atoms with van der Waals surface area (Å²) >= 11 is 3.66. The van der Waals surface area contributed by atoms with E-state index in [-0.39, 0.29) is 17.3 Å². The van der Waals surface area contributed by atoms with E-state index < -0.39 is 0 Å². The van der Waals surface area contributed by atoms with Gasteiger partial charge in [0.15, 0.2) is 11.5 Å². The summed E-state index contributed by atoms with van der Waals surface area (Å²) in [6.07, 6.45) is 4.25. The van der Waals surface area contributed by atoms with E-state index in [9.17, 15) is 10.2 Å². The number of methoxy groups -OCH3 is 1. The van der Waals surface area contributed by atoms with Crippen LogP contribution in [0.3, 0.4) is 0 Å². The fourth-order valence-corrected chi connectivity index (χ4v) is 5.78. The number of phenols is 1. The van der Waals surface area contributed by atoms with E-state index in [2.05, 4.69) is 21.2 Å². The molecule has 3 unspecified atom stereocenters. The van der Waals surface area contributed by atoms with Crippen molar-refractivity contribution < 1.29 is 14.9 Å². The molecule has 2 bridgehead atoms. The van der Waals surface area contributed by atoms with E-state index in [4.69, 9.17) is 4.74 Å². The van der Waals surface area contributed by atoms with Gasteiger partial charge in [-0.25, -0.2) is 0 Å². The molecule has 0 aromatic heterocycles. The van der Waals surface area contributed by atoms with Gasteiger partial charge in [-0.05, 0) is 56.2 Å². The van der Waals surface area contributed by atoms with Crippen LogP contribution in [0.4, 0.5) is 0 Å². The molecule has 2 aliphatic carbocycles. The number of ether oxygens (including phenoxy) is 1. The van der Waals surface area contributed by atoms with Gasteiger partial charge in [0.1, 0.15) is 0 Å². The third-order valence-corrected chi connectivity index (χ3v) is 6.75. The molecule has 1 aliphatic heterocycles. The molecule has 22 heavy (non-hydrogen) atoms. The minimum absolute atomic E-state index is 0.123. The van der Waals surface area contributed by atoms with Gasteiger partial charge < -0.3 is 20.3 Å². The maximum Gasteiger partial charge on any atom is 0.161 e. The van der Waals surface area contributed by atoms with Crippen LogP contribution in [0.15, 0.2) is 10.5 Å². The van der Waals surface area contributed by atoms with Gasteiger partial charge in [-0.3, -0.25) is 0 Å². The molecule has 4 nitrogen and oxygen atoms in total. The molecule has 1 aromatic rings. The van der Waals surface area contributed by atoms with Crippen LogP contribution in [0.25, 0.3) is 0 Å². The Labute approximate surface area is 139 Å². The van der Waals surface area contributed by atoms with Crippen molar-refractivity contribution in [2.45, 2.75) is 49.7 Å². The van der Waals surface area contributed by atoms with Gasteiger partial charge in [-0.1, -0.05) is 15.9 Å². The number of benzene rings is 1. The van der Waals surface area contributed by atoms with Crippen LogP contribution in [-0.4, -0.2) is 36.0 Å². The predicted octanol–water partition coefficient (Wildman–Crippen LogP) is 2.48. The maximum absolute atomic E-state index is 10.8. The number of fused-ring (bicyclic) bond motifs is 1. The second-order valence-electron chi connectivity index (χ2n) is 6.98. The molecule has 2 fully saturated rings. The van der Waals surface area contributed by atoms with Crippen molar-refractivity contribution in [2.75, 3.05) is 13.7 Å². The molecule has 0 radical (unpaired) electrons. The molecular formula is C17H22BrNO3. The second kappa shape index (κ2) is 5.11. The first-order valence-electron chi connectivity index (χ1n) is 8.07. The maximum atomic E-state index is 10.8. The van der Waals surface area contributed by atoms with Crippen LogP contribution in [0.1, 0.15) is 36.8 Å². The third kappa shape index (κ3) is 1.88. The lowest BCUT2D eigenvalue weighted by Gasteiger charge is -2.56. The summed E-state index contributed by atoms with van der Waals surface area (Å²) in [5, 5.41) is 24.8. The molecule has 1 saturated heterocycles. The molecule has 1 aromatic carbocycles. The van der Waals surface area contributed by atoms with Crippen LogP contribution < -0.4 is 10.1 Å². The van der Waals surface area contributed by atoms with Crippen molar-refractivity contribution in [3.63, 3.8) is 0 Å². The number of nitrogens with one attached hydrogen (secondary N) is 1. The smallest absolute Gasteiger partial charge is 0.161 e. The normalized spacial score (nSPS) is 36.4. The molecule has 1 saturated carbocycles. The van der Waals surface area contributed by atoms with Gasteiger partial charge in [0, 0.05) is 21.5 Å². The molecule has 120 valence electrons. The largest absolute Gasteiger partial charge is 0.504 e. The number of halogens is 1. The van der Waals surface area contributed by atoms with Crippen molar-refractivity contribution >= 4 is 15.9 Å². The topological polar surface area (TPSA) is 61.7 Å². The molecule has 0 amide bonds. The van der Waals surface area contributed by atoms with Gasteiger partial charge in [-0.2, -0.15) is 0 Å². The van der Waals surface area contributed by atoms with E-state index in [1.54, 1.807) is 7.11 Å². The quantitative estimate of drug-likeness (QED) is 0.713. The van der Waals surface area contributed by atoms with Gasteiger partial charge in [-0.15, -0.1) is 0 Å². The lowest BCUT2D eigenvalue weighted by atomic mass is 9.52. The predicted molar refractivity (Wildman–Crippen MR) is 87.5 cm³/mol. The number of hydrogen-bond acceptors (Lipinski definition) is 4. The van der Waals surface area contributed by atoms with E-state index >= 15 is 0 Å². The summed E-state index contributed by atoms with van der Waals surface area (Å²) in [7, 11) is 1.59. The van der Waals surface area contributed by atoms with E-state index in [1.807, 2.05) is 6.07 Å². The monoisotopic (exact) mass is 367 g/mol. The molecule has 5 heteroatoms. The summed E-state index contributed by atoms with van der Waals surface area (Å²) < 4.78 is 6.38. The SMILES string of the molecule is COc1cc(Br)c2c(c1O)[C@]13CCNC(C2)C1CCC(O)C3. The van der Waals surface area contributed by atoms with Gasteiger partial charge in [0.05, 0.1) is 13.2 Å². The van der Waals surface area contributed by atoms with Gasteiger partial charge >= 0.3 is 0 Å². The molecular weight excluding hydrogens is 346 g/mol. The number of phenolic OH excluding ortho intramolecular Hbond substituents is 1. The fourth-order valence-electron chi connectivity index (χ4n) is 5.21. The van der Waals surface area contributed by atoms with Crippen molar-refractivity contribution in [3.05, 3.63) is 21.7 Å². The van der Waals surface area contributed by atoms with E-state index in [1.165, 1.54) is 5.56 Å². The van der Waals surface area contributed by atoms with Gasteiger partial charge in [0.25, 0.3) is 0 Å². The zero-order valence-corrected chi connectivity index (χ0v) is 14.3. The highest BCUT2D eigenvalue weighted by Crippen LogP contribution is 2.58. The number of aliphatic hydroxyl groups is 1. The molecule has 3 N–H and O–H groups in total. The standard InChI is InChI=1S/C17H22BrNO3/c1-22-14-7-12(18)10-6-13-11-3-2-9(20)8-17(11,4-5-19-13)15(10)16(14)21/h7,9,11,13,19-21H,2-6,8H2,1H3/t9?,11?,13?,17-/m0/s1. The van der Waals surface area contributed by atoms with Crippen molar-refractivity contribution in [3.8, 4) is 11.5 Å². The number of piperidine rings is 1. The summed E-state index contributed by atoms with van der Waals surface area (Å²) in [5.41, 5.74) is 2.09. The van der Waals surface area contributed by atoms with E-state index in [0.717, 1.165) is 48.7 Å². The fraction of sp³-hybridized carbons (Fsp3) is 0.647. The Morgan fingerprint density at radius 3 is 3.00 bits per heavy atom. The molecule has 4 atom stereocenters. The average molecular weight is 368 g/mol. The Kier molecular flexibility index (Phi) is 3.44. The number of aromatic hydroxyl groups is 1.